The molecule has 1 aromatic heterocycles. The first-order valence-corrected chi connectivity index (χ1v) is 8.74. The maximum absolute atomic E-state index is 12.2. The van der Waals surface area contributed by atoms with Crippen molar-refractivity contribution in [3.63, 3.8) is 0 Å². The highest BCUT2D eigenvalue weighted by Gasteiger charge is 2.53. The van der Waals surface area contributed by atoms with Gasteiger partial charge in [0.05, 0.1) is 12.0 Å². The monoisotopic (exact) mass is 346 g/mol. The van der Waals surface area contributed by atoms with Crippen LogP contribution < -0.4 is 4.90 Å². The number of anilines is 1. The number of aromatic nitrogens is 1. The van der Waals surface area contributed by atoms with E-state index in [4.69, 9.17) is 0 Å². The van der Waals surface area contributed by atoms with Crippen LogP contribution in [0.5, 0.6) is 0 Å². The van der Waals surface area contributed by atoms with Crippen LogP contribution in [0.4, 0.5) is 5.82 Å². The van der Waals surface area contributed by atoms with Gasteiger partial charge in [-0.1, -0.05) is 6.07 Å². The molecule has 2 saturated heterocycles. The number of likely N-dealkylation sites (tertiary alicyclic amines) is 1. The zero-order chi connectivity index (χ0) is 18.0. The molecule has 0 bridgehead atoms. The lowest BCUT2D eigenvalue weighted by Gasteiger charge is -2.30. The van der Waals surface area contributed by atoms with Crippen LogP contribution in [-0.4, -0.2) is 78.6 Å². The lowest BCUT2D eigenvalue weighted by Crippen LogP contribution is -2.42. The van der Waals surface area contributed by atoms with E-state index in [1.54, 1.807) is 25.2 Å². The summed E-state index contributed by atoms with van der Waals surface area (Å²) in [6, 6.07) is 5.80. The minimum absolute atomic E-state index is 0.00975. The van der Waals surface area contributed by atoms with E-state index >= 15 is 0 Å². The van der Waals surface area contributed by atoms with Crippen LogP contribution in [-0.2, 0) is 9.59 Å². The third kappa shape index (κ3) is 3.46. The molecule has 0 spiro atoms. The summed E-state index contributed by atoms with van der Waals surface area (Å²) in [4.78, 5) is 34.4. The van der Waals surface area contributed by atoms with Crippen molar-refractivity contribution >= 4 is 17.7 Å². The van der Waals surface area contributed by atoms with Crippen molar-refractivity contribution in [1.29, 1.82) is 0 Å². The van der Waals surface area contributed by atoms with E-state index < -0.39 is 11.4 Å². The van der Waals surface area contributed by atoms with Crippen molar-refractivity contribution < 1.29 is 14.7 Å². The topological polar surface area (TPSA) is 77.0 Å². The molecule has 136 valence electrons. The van der Waals surface area contributed by atoms with Crippen molar-refractivity contribution in [3.05, 3.63) is 24.4 Å². The Morgan fingerprint density at radius 3 is 2.80 bits per heavy atom. The fourth-order valence-corrected chi connectivity index (χ4v) is 4.09. The van der Waals surface area contributed by atoms with Crippen LogP contribution in [0, 0.1) is 11.3 Å². The summed E-state index contributed by atoms with van der Waals surface area (Å²) < 4.78 is 0. The molecule has 25 heavy (non-hydrogen) atoms. The molecule has 2 aliphatic heterocycles. The van der Waals surface area contributed by atoms with Crippen molar-refractivity contribution in [2.75, 3.05) is 51.7 Å². The van der Waals surface area contributed by atoms with E-state index in [-0.39, 0.29) is 18.4 Å². The number of nitrogens with zero attached hydrogens (tertiary/aromatic N) is 4. The Morgan fingerprint density at radius 1 is 1.36 bits per heavy atom. The lowest BCUT2D eigenvalue weighted by molar-refractivity contribution is -0.151. The number of carboxylic acid groups (broad SMARTS) is 1. The zero-order valence-electron chi connectivity index (χ0n) is 14.9. The van der Waals surface area contributed by atoms with Gasteiger partial charge < -0.3 is 14.9 Å². The number of hydrogen-bond donors (Lipinski definition) is 1. The van der Waals surface area contributed by atoms with Crippen molar-refractivity contribution in [3.8, 4) is 0 Å². The molecule has 2 atom stereocenters. The second kappa shape index (κ2) is 7.00. The fourth-order valence-electron chi connectivity index (χ4n) is 4.09. The molecule has 0 saturated carbocycles. The standard InChI is InChI=1S/C18H26N4O3/c1-20(2)16(23)12-21-10-14-11-22(15-6-3-4-8-19-15)9-5-7-18(14,13-21)17(24)25/h3-4,6,8,14H,5,7,9-13H2,1-2H3,(H,24,25)/t14-,18+/m0/s1. The van der Waals surface area contributed by atoms with Gasteiger partial charge in [0.1, 0.15) is 5.82 Å². The summed E-state index contributed by atoms with van der Waals surface area (Å²) in [7, 11) is 3.46. The van der Waals surface area contributed by atoms with Crippen LogP contribution in [0.3, 0.4) is 0 Å². The van der Waals surface area contributed by atoms with E-state index in [1.807, 2.05) is 23.1 Å². The Kier molecular flexibility index (Phi) is 4.94. The number of amides is 1. The average molecular weight is 346 g/mol. The summed E-state index contributed by atoms with van der Waals surface area (Å²) in [6.07, 6.45) is 3.22. The smallest absolute Gasteiger partial charge is 0.311 e. The molecule has 7 nitrogen and oxygen atoms in total. The van der Waals surface area contributed by atoms with Crippen molar-refractivity contribution in [1.82, 2.24) is 14.8 Å². The summed E-state index contributed by atoms with van der Waals surface area (Å²) in [6.45, 7) is 2.84. The van der Waals surface area contributed by atoms with Crippen LogP contribution in [0.15, 0.2) is 24.4 Å². The van der Waals surface area contributed by atoms with E-state index in [0.717, 1.165) is 18.8 Å². The molecule has 1 aromatic rings. The molecule has 0 radical (unpaired) electrons. The van der Waals surface area contributed by atoms with Gasteiger partial charge in [0, 0.05) is 52.4 Å². The molecular formula is C18H26N4O3. The van der Waals surface area contributed by atoms with E-state index in [0.29, 0.717) is 26.1 Å². The number of hydrogen-bond acceptors (Lipinski definition) is 5. The first-order chi connectivity index (χ1) is 11.9. The molecular weight excluding hydrogens is 320 g/mol. The molecule has 2 fully saturated rings. The minimum Gasteiger partial charge on any atom is -0.481 e. The Morgan fingerprint density at radius 2 is 2.16 bits per heavy atom. The highest BCUT2D eigenvalue weighted by Crippen LogP contribution is 2.43. The van der Waals surface area contributed by atoms with Gasteiger partial charge in [0.15, 0.2) is 0 Å². The van der Waals surface area contributed by atoms with Gasteiger partial charge in [-0.15, -0.1) is 0 Å². The molecule has 3 rings (SSSR count). The number of carbonyl (C=O) groups is 2. The largest absolute Gasteiger partial charge is 0.481 e. The van der Waals surface area contributed by atoms with Crippen LogP contribution in [0.2, 0.25) is 0 Å². The van der Waals surface area contributed by atoms with Crippen molar-refractivity contribution in [2.24, 2.45) is 11.3 Å². The summed E-state index contributed by atoms with van der Waals surface area (Å²) in [5.41, 5.74) is -0.768. The molecule has 7 heteroatoms. The van der Waals surface area contributed by atoms with Gasteiger partial charge in [-0.2, -0.15) is 0 Å². The van der Waals surface area contributed by atoms with Gasteiger partial charge in [0.25, 0.3) is 0 Å². The Labute approximate surface area is 148 Å². The van der Waals surface area contributed by atoms with E-state index in [2.05, 4.69) is 9.88 Å². The highest BCUT2D eigenvalue weighted by molar-refractivity contribution is 5.79. The number of rotatable bonds is 4. The zero-order valence-corrected chi connectivity index (χ0v) is 14.9. The molecule has 1 N–H and O–H groups in total. The first kappa shape index (κ1) is 17.7. The molecule has 0 unspecified atom stereocenters. The van der Waals surface area contributed by atoms with Gasteiger partial charge >= 0.3 is 5.97 Å². The Balaban J connectivity index is 1.80. The summed E-state index contributed by atoms with van der Waals surface area (Å²) in [5.74, 6) is 0.162. The number of aliphatic carboxylic acids is 1. The van der Waals surface area contributed by atoms with Gasteiger partial charge in [-0.25, -0.2) is 4.98 Å². The lowest BCUT2D eigenvalue weighted by atomic mass is 9.75. The molecule has 1 amide bonds. The average Bonchev–Trinajstić information content (AvgIpc) is 2.82. The van der Waals surface area contributed by atoms with E-state index in [1.165, 1.54) is 0 Å². The number of carboxylic acids is 1. The van der Waals surface area contributed by atoms with Gasteiger partial charge in [-0.05, 0) is 25.0 Å². The summed E-state index contributed by atoms with van der Waals surface area (Å²) in [5, 5.41) is 9.99. The van der Waals surface area contributed by atoms with E-state index in [9.17, 15) is 14.7 Å². The Hall–Kier alpha value is -2.15. The number of fused-ring (bicyclic) bond motifs is 1. The molecule has 3 heterocycles. The number of pyridine rings is 1. The molecule has 2 aliphatic rings. The van der Waals surface area contributed by atoms with Crippen molar-refractivity contribution in [2.45, 2.75) is 12.8 Å². The SMILES string of the molecule is CN(C)C(=O)CN1C[C@H]2CN(c3ccccn3)CCC[C@@]2(C(=O)O)C1. The van der Waals surface area contributed by atoms with Crippen LogP contribution in [0.25, 0.3) is 0 Å². The second-order valence-electron chi connectivity index (χ2n) is 7.35. The quantitative estimate of drug-likeness (QED) is 0.868. The third-order valence-corrected chi connectivity index (χ3v) is 5.51. The van der Waals surface area contributed by atoms with Crippen LogP contribution in [0.1, 0.15) is 12.8 Å². The number of likely N-dealkylation sites (N-methyl/N-ethyl adjacent to an activating group) is 1. The minimum atomic E-state index is -0.768. The first-order valence-electron chi connectivity index (χ1n) is 8.74. The molecule has 0 aromatic carbocycles. The normalized spacial score (nSPS) is 26.8. The summed E-state index contributed by atoms with van der Waals surface area (Å²) >= 11 is 0. The second-order valence-corrected chi connectivity index (χ2v) is 7.35. The maximum atomic E-state index is 12.2. The van der Waals surface area contributed by atoms with Crippen LogP contribution >= 0.6 is 0 Å². The molecule has 0 aliphatic carbocycles. The predicted octanol–water partition coefficient (Wildman–Crippen LogP) is 0.773. The predicted molar refractivity (Wildman–Crippen MR) is 94.4 cm³/mol. The highest BCUT2D eigenvalue weighted by atomic mass is 16.4. The fraction of sp³-hybridized carbons (Fsp3) is 0.611. The van der Waals surface area contributed by atoms with Gasteiger partial charge in [-0.3, -0.25) is 14.5 Å². The third-order valence-electron chi connectivity index (χ3n) is 5.51. The number of carbonyl (C=O) groups excluding carboxylic acids is 1. The van der Waals surface area contributed by atoms with Gasteiger partial charge in [0.2, 0.25) is 5.91 Å². The maximum Gasteiger partial charge on any atom is 0.311 e. The Bertz CT molecular complexity index is 636.